The number of nitrogens with two attached hydrogens (primary N) is 1. The van der Waals surface area contributed by atoms with Crippen LogP contribution in [0.1, 0.15) is 30.5 Å². The lowest BCUT2D eigenvalue weighted by Crippen LogP contribution is -2.14. The van der Waals surface area contributed by atoms with Crippen molar-refractivity contribution >= 4 is 45.6 Å². The summed E-state index contributed by atoms with van der Waals surface area (Å²) in [4.78, 5) is 15.7. The van der Waals surface area contributed by atoms with Gasteiger partial charge in [-0.2, -0.15) is 0 Å². The highest BCUT2D eigenvalue weighted by Gasteiger charge is 2.09. The number of aryl methyl sites for hydroxylation is 3. The highest BCUT2D eigenvalue weighted by atomic mass is 79.9. The van der Waals surface area contributed by atoms with Crippen molar-refractivity contribution in [3.63, 3.8) is 0 Å². The van der Waals surface area contributed by atoms with Crippen molar-refractivity contribution in [3.8, 4) is 0 Å². The molecule has 118 valence electrons. The molecule has 0 heterocycles. The van der Waals surface area contributed by atoms with E-state index in [9.17, 15) is 4.79 Å². The van der Waals surface area contributed by atoms with Crippen LogP contribution in [0.15, 0.2) is 17.1 Å². The third kappa shape index (κ3) is 6.52. The fraction of sp³-hybridized carbons (Fsp3) is 0.467. The first kappa shape index (κ1) is 20.0. The van der Waals surface area contributed by atoms with Crippen molar-refractivity contribution in [1.29, 1.82) is 0 Å². The zero-order valence-corrected chi connectivity index (χ0v) is 15.6. The largest absolute Gasteiger partial charge is 0.454 e. The Balaban J connectivity index is 0.00000400. The highest BCUT2D eigenvalue weighted by Crippen LogP contribution is 2.25. The van der Waals surface area contributed by atoms with Gasteiger partial charge < -0.3 is 10.5 Å². The zero-order chi connectivity index (χ0) is 15.3. The van der Waals surface area contributed by atoms with Gasteiger partial charge in [-0.3, -0.25) is 4.79 Å². The van der Waals surface area contributed by atoms with Crippen LogP contribution in [0.5, 0.6) is 0 Å². The van der Waals surface area contributed by atoms with Crippen LogP contribution < -0.4 is 5.73 Å². The fourth-order valence-electron chi connectivity index (χ4n) is 1.81. The van der Waals surface area contributed by atoms with Crippen LogP contribution in [-0.2, 0) is 9.53 Å². The standard InChI is InChI=1S/C15H22N2O2S.BrH/c1-9(2)14(18)19-8-20-15(16)17-13-11(4)6-10(3)7-12(13)5;/h6-7,9H,8H2,1-5H3,(H2,16,17);1H. The Morgan fingerprint density at radius 3 is 2.29 bits per heavy atom. The molecule has 0 aliphatic rings. The predicted octanol–water partition coefficient (Wildman–Crippen LogP) is 4.03. The summed E-state index contributed by atoms with van der Waals surface area (Å²) >= 11 is 1.22. The van der Waals surface area contributed by atoms with Crippen molar-refractivity contribution in [2.45, 2.75) is 34.6 Å². The molecule has 0 aromatic heterocycles. The van der Waals surface area contributed by atoms with E-state index in [4.69, 9.17) is 10.5 Å². The number of benzene rings is 1. The second-order valence-electron chi connectivity index (χ2n) is 5.08. The molecule has 0 aliphatic heterocycles. The van der Waals surface area contributed by atoms with Gasteiger partial charge in [0.1, 0.15) is 5.94 Å². The maximum Gasteiger partial charge on any atom is 0.309 e. The van der Waals surface area contributed by atoms with Crippen LogP contribution in [0.3, 0.4) is 0 Å². The molecule has 0 unspecified atom stereocenters. The van der Waals surface area contributed by atoms with E-state index in [-0.39, 0.29) is 34.8 Å². The van der Waals surface area contributed by atoms with E-state index < -0.39 is 0 Å². The molecule has 0 fully saturated rings. The maximum atomic E-state index is 11.3. The fourth-order valence-corrected chi connectivity index (χ4v) is 2.26. The van der Waals surface area contributed by atoms with Crippen molar-refractivity contribution in [2.24, 2.45) is 16.6 Å². The van der Waals surface area contributed by atoms with Gasteiger partial charge in [-0.15, -0.1) is 17.0 Å². The predicted molar refractivity (Wildman–Crippen MR) is 95.6 cm³/mol. The van der Waals surface area contributed by atoms with Gasteiger partial charge in [0.05, 0.1) is 11.6 Å². The van der Waals surface area contributed by atoms with Gasteiger partial charge in [-0.05, 0) is 43.7 Å². The van der Waals surface area contributed by atoms with E-state index in [0.717, 1.165) is 16.8 Å². The Morgan fingerprint density at radius 1 is 1.29 bits per heavy atom. The van der Waals surface area contributed by atoms with Crippen molar-refractivity contribution < 1.29 is 9.53 Å². The molecule has 0 amide bonds. The number of esters is 1. The van der Waals surface area contributed by atoms with Crippen LogP contribution in [0.2, 0.25) is 0 Å². The molecule has 0 spiro atoms. The van der Waals surface area contributed by atoms with Crippen molar-refractivity contribution in [1.82, 2.24) is 0 Å². The Kier molecular flexibility index (Phi) is 8.66. The normalized spacial score (nSPS) is 11.2. The number of rotatable bonds is 4. The van der Waals surface area contributed by atoms with E-state index >= 15 is 0 Å². The molecule has 2 N–H and O–H groups in total. The molecule has 4 nitrogen and oxygen atoms in total. The molecule has 0 aliphatic carbocycles. The second kappa shape index (κ2) is 9.10. The Labute approximate surface area is 141 Å². The SMILES string of the molecule is Br.Cc1cc(C)c(N=C(N)SCOC(=O)C(C)C)c(C)c1. The number of nitrogens with zero attached hydrogens (tertiary/aromatic N) is 1. The molecule has 21 heavy (non-hydrogen) atoms. The molecule has 0 radical (unpaired) electrons. The molecule has 0 atom stereocenters. The van der Waals surface area contributed by atoms with Gasteiger partial charge in [0.15, 0.2) is 5.17 Å². The van der Waals surface area contributed by atoms with Crippen molar-refractivity contribution in [2.75, 3.05) is 5.94 Å². The quantitative estimate of drug-likeness (QED) is 0.374. The smallest absolute Gasteiger partial charge is 0.309 e. The summed E-state index contributed by atoms with van der Waals surface area (Å²) in [6.45, 7) is 9.66. The average Bonchev–Trinajstić information content (AvgIpc) is 2.33. The number of hydrogen-bond acceptors (Lipinski definition) is 4. The van der Waals surface area contributed by atoms with Gasteiger partial charge in [0.25, 0.3) is 0 Å². The number of ether oxygens (including phenoxy) is 1. The molecule has 1 rings (SSSR count). The number of amidine groups is 1. The topological polar surface area (TPSA) is 64.7 Å². The molecular formula is C15H23BrN2O2S. The Hall–Kier alpha value is -1.01. The first-order chi connectivity index (χ1) is 9.31. The summed E-state index contributed by atoms with van der Waals surface area (Å²) in [7, 11) is 0. The first-order valence-corrected chi connectivity index (χ1v) is 7.51. The van der Waals surface area contributed by atoms with Crippen LogP contribution in [0.4, 0.5) is 5.69 Å². The molecule has 0 saturated carbocycles. The summed E-state index contributed by atoms with van der Waals surface area (Å²) in [5, 5.41) is 0.400. The lowest BCUT2D eigenvalue weighted by molar-refractivity contribution is -0.144. The van der Waals surface area contributed by atoms with Crippen LogP contribution >= 0.6 is 28.7 Å². The van der Waals surface area contributed by atoms with Gasteiger partial charge in [-0.25, -0.2) is 4.99 Å². The number of carbonyl (C=O) groups is 1. The Bertz CT molecular complexity index is 507. The molecule has 0 saturated heterocycles. The third-order valence-corrected chi connectivity index (χ3v) is 3.36. The van der Waals surface area contributed by atoms with E-state index in [1.54, 1.807) is 13.8 Å². The highest BCUT2D eigenvalue weighted by molar-refractivity contribution is 8.93. The van der Waals surface area contributed by atoms with Crippen molar-refractivity contribution in [3.05, 3.63) is 28.8 Å². The minimum absolute atomic E-state index is 0. The number of thioether (sulfide) groups is 1. The minimum Gasteiger partial charge on any atom is -0.454 e. The van der Waals surface area contributed by atoms with E-state index in [1.165, 1.54) is 17.3 Å². The second-order valence-corrected chi connectivity index (χ2v) is 6.02. The lowest BCUT2D eigenvalue weighted by Gasteiger charge is -2.09. The Morgan fingerprint density at radius 2 is 1.81 bits per heavy atom. The molecule has 0 bridgehead atoms. The van der Waals surface area contributed by atoms with Crippen LogP contribution in [-0.4, -0.2) is 17.1 Å². The average molecular weight is 375 g/mol. The van der Waals surface area contributed by atoms with E-state index in [0.29, 0.717) is 5.17 Å². The van der Waals surface area contributed by atoms with Gasteiger partial charge in [0.2, 0.25) is 0 Å². The summed E-state index contributed by atoms with van der Waals surface area (Å²) in [5.74, 6) is -0.167. The van der Waals surface area contributed by atoms with Gasteiger partial charge in [-0.1, -0.05) is 31.5 Å². The summed E-state index contributed by atoms with van der Waals surface area (Å²) in [6, 6.07) is 4.14. The lowest BCUT2D eigenvalue weighted by atomic mass is 10.1. The number of aliphatic imine (C=N–C) groups is 1. The van der Waals surface area contributed by atoms with Gasteiger partial charge >= 0.3 is 5.97 Å². The first-order valence-electron chi connectivity index (χ1n) is 6.52. The molecule has 1 aromatic carbocycles. The van der Waals surface area contributed by atoms with E-state index in [1.807, 2.05) is 13.8 Å². The number of hydrogen-bond donors (Lipinski definition) is 1. The van der Waals surface area contributed by atoms with Gasteiger partial charge in [0, 0.05) is 0 Å². The zero-order valence-electron chi connectivity index (χ0n) is 13.1. The molecule has 6 heteroatoms. The number of carbonyl (C=O) groups excluding carboxylic acids is 1. The molecular weight excluding hydrogens is 352 g/mol. The van der Waals surface area contributed by atoms with Crippen LogP contribution in [0, 0.1) is 26.7 Å². The third-order valence-electron chi connectivity index (χ3n) is 2.74. The van der Waals surface area contributed by atoms with E-state index in [2.05, 4.69) is 24.0 Å². The summed E-state index contributed by atoms with van der Waals surface area (Å²) in [6.07, 6.45) is 0. The summed E-state index contributed by atoms with van der Waals surface area (Å²) < 4.78 is 5.05. The summed E-state index contributed by atoms with van der Waals surface area (Å²) in [5.41, 5.74) is 10.1. The molecule has 1 aromatic rings. The maximum absolute atomic E-state index is 11.3. The monoisotopic (exact) mass is 374 g/mol. The van der Waals surface area contributed by atoms with Crippen LogP contribution in [0.25, 0.3) is 0 Å². The minimum atomic E-state index is -0.229. The number of halogens is 1.